The maximum Gasteiger partial charge on any atom is 0.0615 e. The van der Waals surface area contributed by atoms with Crippen molar-refractivity contribution in [2.45, 2.75) is 26.3 Å². The van der Waals surface area contributed by atoms with Crippen molar-refractivity contribution in [3.05, 3.63) is 0 Å². The van der Waals surface area contributed by atoms with E-state index >= 15 is 0 Å². The first-order valence-electron chi connectivity index (χ1n) is 4.69. The quantitative estimate of drug-likeness (QED) is 0.617. The number of nitrogens with zero attached hydrogens (tertiary/aromatic N) is 1. The summed E-state index contributed by atoms with van der Waals surface area (Å²) in [5.41, 5.74) is 5.51. The van der Waals surface area contributed by atoms with Gasteiger partial charge in [0.25, 0.3) is 0 Å². The Morgan fingerprint density at radius 2 is 2.08 bits per heavy atom. The molecule has 1 unspecified atom stereocenters. The summed E-state index contributed by atoms with van der Waals surface area (Å²) in [6.07, 6.45) is 1.17. The average Bonchev–Trinajstić information content (AvgIpc) is 2.04. The van der Waals surface area contributed by atoms with E-state index in [4.69, 9.17) is 10.5 Å². The molecule has 0 aromatic rings. The topological polar surface area (TPSA) is 38.5 Å². The fourth-order valence-electron chi connectivity index (χ4n) is 1.35. The smallest absolute Gasteiger partial charge is 0.0615 e. The van der Waals surface area contributed by atoms with Crippen LogP contribution in [0.5, 0.6) is 0 Å². The fraction of sp³-hybridized carbons (Fsp3) is 1.00. The molecule has 0 saturated carbocycles. The van der Waals surface area contributed by atoms with Gasteiger partial charge in [0.1, 0.15) is 0 Å². The van der Waals surface area contributed by atoms with Crippen molar-refractivity contribution in [1.82, 2.24) is 4.90 Å². The molecule has 74 valence electrons. The summed E-state index contributed by atoms with van der Waals surface area (Å²) in [5, 5.41) is 0. The van der Waals surface area contributed by atoms with Crippen molar-refractivity contribution < 1.29 is 4.74 Å². The molecular formula is C9H22N2O. The second kappa shape index (κ2) is 7.53. The number of methoxy groups -OCH3 is 1. The van der Waals surface area contributed by atoms with Gasteiger partial charge >= 0.3 is 0 Å². The summed E-state index contributed by atoms with van der Waals surface area (Å²) in [6.45, 7) is 7.96. The molecule has 12 heavy (non-hydrogen) atoms. The molecule has 0 radical (unpaired) electrons. The van der Waals surface area contributed by atoms with Crippen LogP contribution in [0.1, 0.15) is 20.3 Å². The van der Waals surface area contributed by atoms with E-state index in [0.29, 0.717) is 6.04 Å². The maximum atomic E-state index is 5.51. The van der Waals surface area contributed by atoms with E-state index in [0.717, 1.165) is 26.2 Å². The average molecular weight is 174 g/mol. The molecule has 2 N–H and O–H groups in total. The minimum absolute atomic E-state index is 0.485. The van der Waals surface area contributed by atoms with Crippen molar-refractivity contribution in [2.24, 2.45) is 5.73 Å². The van der Waals surface area contributed by atoms with Crippen LogP contribution in [-0.4, -0.2) is 44.3 Å². The highest BCUT2D eigenvalue weighted by Gasteiger charge is 2.10. The summed E-state index contributed by atoms with van der Waals surface area (Å²) in [6, 6.07) is 0.485. The molecule has 0 fully saturated rings. The van der Waals surface area contributed by atoms with E-state index < -0.39 is 0 Å². The number of nitrogens with two attached hydrogens (primary N) is 1. The summed E-state index contributed by atoms with van der Waals surface area (Å²) in [4.78, 5) is 2.36. The monoisotopic (exact) mass is 174 g/mol. The van der Waals surface area contributed by atoms with Crippen LogP contribution in [0.15, 0.2) is 0 Å². The van der Waals surface area contributed by atoms with Crippen LogP contribution in [0.25, 0.3) is 0 Å². The summed E-state index contributed by atoms with van der Waals surface area (Å²) < 4.78 is 5.09. The van der Waals surface area contributed by atoms with Crippen LogP contribution in [0.4, 0.5) is 0 Å². The van der Waals surface area contributed by atoms with Gasteiger partial charge < -0.3 is 10.5 Å². The summed E-state index contributed by atoms with van der Waals surface area (Å²) >= 11 is 0. The van der Waals surface area contributed by atoms with Crippen LogP contribution in [0.3, 0.4) is 0 Å². The summed E-state index contributed by atoms with van der Waals surface area (Å²) in [7, 11) is 1.74. The summed E-state index contributed by atoms with van der Waals surface area (Å²) in [5.74, 6) is 0. The van der Waals surface area contributed by atoms with E-state index in [1.807, 2.05) is 0 Å². The van der Waals surface area contributed by atoms with Crippen molar-refractivity contribution >= 4 is 0 Å². The van der Waals surface area contributed by atoms with Gasteiger partial charge in [-0.05, 0) is 19.9 Å². The van der Waals surface area contributed by atoms with Gasteiger partial charge in [-0.15, -0.1) is 0 Å². The molecule has 0 aliphatic heterocycles. The third-order valence-corrected chi connectivity index (χ3v) is 1.96. The lowest BCUT2D eigenvalue weighted by atomic mass is 10.2. The normalized spacial score (nSPS) is 13.8. The van der Waals surface area contributed by atoms with E-state index in [2.05, 4.69) is 18.7 Å². The minimum atomic E-state index is 0.485. The Kier molecular flexibility index (Phi) is 7.45. The minimum Gasteiger partial charge on any atom is -0.383 e. The van der Waals surface area contributed by atoms with E-state index in [1.165, 1.54) is 6.42 Å². The van der Waals surface area contributed by atoms with Crippen LogP contribution < -0.4 is 5.73 Å². The van der Waals surface area contributed by atoms with Crippen molar-refractivity contribution in [2.75, 3.05) is 33.4 Å². The van der Waals surface area contributed by atoms with Crippen LogP contribution in [0, 0.1) is 0 Å². The third-order valence-electron chi connectivity index (χ3n) is 1.96. The zero-order chi connectivity index (χ0) is 9.40. The standard InChI is InChI=1S/C9H22N2O/c1-4-6-11(7-5-10)9(2)8-12-3/h9H,4-8,10H2,1-3H3. The Labute approximate surface area is 75.9 Å². The van der Waals surface area contributed by atoms with Gasteiger partial charge in [0, 0.05) is 26.2 Å². The van der Waals surface area contributed by atoms with Crippen molar-refractivity contribution in [3.8, 4) is 0 Å². The van der Waals surface area contributed by atoms with Crippen LogP contribution in [-0.2, 0) is 4.74 Å². The van der Waals surface area contributed by atoms with Gasteiger partial charge in [0.05, 0.1) is 6.61 Å². The Balaban J connectivity index is 3.72. The molecule has 3 heteroatoms. The first-order valence-corrected chi connectivity index (χ1v) is 4.69. The molecule has 0 heterocycles. The number of hydrogen-bond donors (Lipinski definition) is 1. The Hall–Kier alpha value is -0.120. The number of ether oxygens (including phenoxy) is 1. The Morgan fingerprint density at radius 1 is 1.42 bits per heavy atom. The van der Waals surface area contributed by atoms with E-state index in [1.54, 1.807) is 7.11 Å². The Morgan fingerprint density at radius 3 is 2.50 bits per heavy atom. The molecule has 0 aliphatic rings. The maximum absolute atomic E-state index is 5.51. The molecule has 3 nitrogen and oxygen atoms in total. The van der Waals surface area contributed by atoms with Crippen molar-refractivity contribution in [3.63, 3.8) is 0 Å². The second-order valence-corrected chi connectivity index (χ2v) is 3.13. The number of rotatable bonds is 7. The predicted molar refractivity (Wildman–Crippen MR) is 52.3 cm³/mol. The molecule has 0 saturated heterocycles. The molecule has 0 aliphatic carbocycles. The van der Waals surface area contributed by atoms with Gasteiger partial charge in [0.2, 0.25) is 0 Å². The highest BCUT2D eigenvalue weighted by atomic mass is 16.5. The van der Waals surface area contributed by atoms with Crippen LogP contribution in [0.2, 0.25) is 0 Å². The first-order chi connectivity index (χ1) is 5.76. The van der Waals surface area contributed by atoms with Crippen molar-refractivity contribution in [1.29, 1.82) is 0 Å². The molecule has 0 amide bonds. The molecular weight excluding hydrogens is 152 g/mol. The van der Waals surface area contributed by atoms with Gasteiger partial charge in [-0.3, -0.25) is 4.90 Å². The van der Waals surface area contributed by atoms with Gasteiger partial charge in [-0.1, -0.05) is 6.92 Å². The van der Waals surface area contributed by atoms with Crippen LogP contribution >= 0.6 is 0 Å². The third kappa shape index (κ3) is 4.70. The molecule has 0 aromatic carbocycles. The highest BCUT2D eigenvalue weighted by Crippen LogP contribution is 1.99. The lowest BCUT2D eigenvalue weighted by Crippen LogP contribution is -2.40. The molecule has 0 rings (SSSR count). The van der Waals surface area contributed by atoms with E-state index in [9.17, 15) is 0 Å². The lowest BCUT2D eigenvalue weighted by molar-refractivity contribution is 0.101. The zero-order valence-electron chi connectivity index (χ0n) is 8.55. The van der Waals surface area contributed by atoms with Gasteiger partial charge in [-0.2, -0.15) is 0 Å². The highest BCUT2D eigenvalue weighted by molar-refractivity contribution is 4.66. The largest absolute Gasteiger partial charge is 0.383 e. The van der Waals surface area contributed by atoms with E-state index in [-0.39, 0.29) is 0 Å². The van der Waals surface area contributed by atoms with Gasteiger partial charge in [0.15, 0.2) is 0 Å². The Bertz CT molecular complexity index is 92.5. The molecule has 0 spiro atoms. The zero-order valence-corrected chi connectivity index (χ0v) is 8.55. The molecule has 0 bridgehead atoms. The SMILES string of the molecule is CCCN(CCN)C(C)COC. The number of hydrogen-bond acceptors (Lipinski definition) is 3. The predicted octanol–water partition coefficient (Wildman–Crippen LogP) is 0.692. The molecule has 1 atom stereocenters. The second-order valence-electron chi connectivity index (χ2n) is 3.13. The first kappa shape index (κ1) is 11.9. The lowest BCUT2D eigenvalue weighted by Gasteiger charge is -2.27. The van der Waals surface area contributed by atoms with Gasteiger partial charge in [-0.25, -0.2) is 0 Å². The molecule has 0 aromatic heterocycles. The fourth-order valence-corrected chi connectivity index (χ4v) is 1.35.